The number of carbonyl (C=O) groups is 1. The van der Waals surface area contributed by atoms with Crippen molar-refractivity contribution in [1.29, 1.82) is 0 Å². The Morgan fingerprint density at radius 3 is 2.65 bits per heavy atom. The first-order valence-electron chi connectivity index (χ1n) is 9.16. The zero-order valence-electron chi connectivity index (χ0n) is 16.5. The van der Waals surface area contributed by atoms with Crippen molar-refractivity contribution in [2.75, 3.05) is 10.0 Å². The maximum Gasteiger partial charge on any atom is 0.262 e. The summed E-state index contributed by atoms with van der Waals surface area (Å²) in [5.41, 5.74) is 1.70. The lowest BCUT2D eigenvalue weighted by atomic mass is 10.2. The van der Waals surface area contributed by atoms with Crippen molar-refractivity contribution in [3.05, 3.63) is 77.4 Å². The number of aryl methyl sites for hydroxylation is 2. The smallest absolute Gasteiger partial charge is 0.262 e. The lowest BCUT2D eigenvalue weighted by Crippen LogP contribution is -2.17. The van der Waals surface area contributed by atoms with E-state index >= 15 is 0 Å². The van der Waals surface area contributed by atoms with E-state index in [1.807, 2.05) is 0 Å². The van der Waals surface area contributed by atoms with Gasteiger partial charge in [0.25, 0.3) is 21.6 Å². The Morgan fingerprint density at radius 2 is 1.87 bits per heavy atom. The number of nitrogens with one attached hydrogen (secondary N) is 2. The normalized spacial score (nSPS) is 11.5. The molecule has 10 heteroatoms. The minimum atomic E-state index is -4.09. The van der Waals surface area contributed by atoms with Gasteiger partial charge in [-0.1, -0.05) is 23.4 Å². The van der Waals surface area contributed by atoms with Gasteiger partial charge in [0.2, 0.25) is 0 Å². The minimum absolute atomic E-state index is 0.0861. The summed E-state index contributed by atoms with van der Waals surface area (Å²) < 4.78 is 46.8. The number of aromatic nitrogens is 2. The van der Waals surface area contributed by atoms with Gasteiger partial charge in [-0.15, -0.1) is 0 Å². The van der Waals surface area contributed by atoms with E-state index in [1.54, 1.807) is 32.0 Å². The summed E-state index contributed by atoms with van der Waals surface area (Å²) in [6.45, 7) is 3.34. The monoisotopic (exact) mass is 440 g/mol. The predicted molar refractivity (Wildman–Crippen MR) is 113 cm³/mol. The van der Waals surface area contributed by atoms with Crippen LogP contribution in [0.5, 0.6) is 0 Å². The van der Waals surface area contributed by atoms with Crippen LogP contribution in [-0.4, -0.2) is 24.5 Å². The van der Waals surface area contributed by atoms with Gasteiger partial charge in [0.05, 0.1) is 27.2 Å². The van der Waals surface area contributed by atoms with Crippen LogP contribution in [-0.2, 0) is 10.0 Å². The van der Waals surface area contributed by atoms with E-state index in [4.69, 9.17) is 4.52 Å². The fraction of sp³-hybridized carbons (Fsp3) is 0.0952. The number of para-hydroxylation sites is 1. The molecule has 0 radical (unpaired) electrons. The van der Waals surface area contributed by atoms with Gasteiger partial charge in [-0.2, -0.15) is 0 Å². The quantitative estimate of drug-likeness (QED) is 0.484. The zero-order chi connectivity index (χ0) is 22.2. The molecule has 0 fully saturated rings. The molecule has 0 saturated heterocycles. The Balaban J connectivity index is 1.61. The van der Waals surface area contributed by atoms with Gasteiger partial charge < -0.3 is 9.84 Å². The summed E-state index contributed by atoms with van der Waals surface area (Å²) in [5.74, 6) is -1.18. The maximum absolute atomic E-state index is 13.9. The average Bonchev–Trinajstić information content (AvgIpc) is 3.11. The lowest BCUT2D eigenvalue weighted by molar-refractivity contribution is 0.102. The highest BCUT2D eigenvalue weighted by molar-refractivity contribution is 7.92. The summed E-state index contributed by atoms with van der Waals surface area (Å²) in [5, 5.41) is 7.06. The van der Waals surface area contributed by atoms with Gasteiger partial charge >= 0.3 is 0 Å². The van der Waals surface area contributed by atoms with Crippen molar-refractivity contribution in [2.24, 2.45) is 0 Å². The second kappa shape index (κ2) is 7.80. The molecule has 31 heavy (non-hydrogen) atoms. The number of fused-ring (bicyclic) bond motifs is 1. The van der Waals surface area contributed by atoms with Crippen LogP contribution >= 0.6 is 0 Å². The number of hydrogen-bond donors (Lipinski definition) is 2. The lowest BCUT2D eigenvalue weighted by Gasteiger charge is -2.13. The van der Waals surface area contributed by atoms with Crippen molar-refractivity contribution in [1.82, 2.24) is 10.1 Å². The van der Waals surface area contributed by atoms with Gasteiger partial charge in [-0.25, -0.2) is 17.8 Å². The highest BCUT2D eigenvalue weighted by atomic mass is 32.2. The molecular formula is C21H17FN4O4S. The fourth-order valence-electron chi connectivity index (χ4n) is 2.98. The Bertz CT molecular complexity index is 1420. The van der Waals surface area contributed by atoms with E-state index < -0.39 is 21.7 Å². The molecular weight excluding hydrogens is 423 g/mol. The standard InChI is InChI=1S/C21H17FN4O4S/c1-12-7-8-15(10-19(12)31(28,29)26-18-6-4-3-5-17(18)22)24-20(27)14-9-16-13(2)25-30-21(16)23-11-14/h3-11,26H,1-2H3,(H,24,27). The minimum Gasteiger partial charge on any atom is -0.336 e. The predicted octanol–water partition coefficient (Wildman–Crippen LogP) is 4.03. The van der Waals surface area contributed by atoms with Crippen molar-refractivity contribution < 1.29 is 22.1 Å². The summed E-state index contributed by atoms with van der Waals surface area (Å²) in [7, 11) is -4.09. The summed E-state index contributed by atoms with van der Waals surface area (Å²) in [6, 6.07) is 11.5. The molecule has 0 atom stereocenters. The molecule has 0 spiro atoms. The van der Waals surface area contributed by atoms with E-state index in [2.05, 4.69) is 20.2 Å². The number of rotatable bonds is 5. The Hall–Kier alpha value is -3.79. The molecule has 8 nitrogen and oxygen atoms in total. The third-order valence-corrected chi connectivity index (χ3v) is 6.13. The second-order valence-corrected chi connectivity index (χ2v) is 8.52. The van der Waals surface area contributed by atoms with Gasteiger partial charge in [0.1, 0.15) is 5.82 Å². The molecule has 1 amide bonds. The highest BCUT2D eigenvalue weighted by Gasteiger charge is 2.20. The number of pyridine rings is 1. The van der Waals surface area contributed by atoms with Crippen LogP contribution in [0.4, 0.5) is 15.8 Å². The first kappa shape index (κ1) is 20.5. The number of benzene rings is 2. The summed E-state index contributed by atoms with van der Waals surface area (Å²) in [4.78, 5) is 16.6. The number of sulfonamides is 1. The second-order valence-electron chi connectivity index (χ2n) is 6.86. The summed E-state index contributed by atoms with van der Waals surface area (Å²) in [6.07, 6.45) is 1.34. The number of anilines is 2. The number of nitrogens with zero attached hydrogens (tertiary/aromatic N) is 2. The van der Waals surface area contributed by atoms with Crippen LogP contribution in [0.2, 0.25) is 0 Å². The highest BCUT2D eigenvalue weighted by Crippen LogP contribution is 2.25. The van der Waals surface area contributed by atoms with Crippen molar-refractivity contribution >= 4 is 38.4 Å². The SMILES string of the molecule is Cc1ccc(NC(=O)c2cnc3onc(C)c3c2)cc1S(=O)(=O)Nc1ccccc1F. The van der Waals surface area contributed by atoms with Gasteiger partial charge in [-0.3, -0.25) is 9.52 Å². The van der Waals surface area contributed by atoms with Crippen LogP contribution in [0.15, 0.2) is 64.1 Å². The van der Waals surface area contributed by atoms with Crippen LogP contribution in [0, 0.1) is 19.7 Å². The number of halogens is 1. The molecule has 4 rings (SSSR count). The number of amides is 1. The first-order valence-corrected chi connectivity index (χ1v) is 10.6. The van der Waals surface area contributed by atoms with Crippen molar-refractivity contribution in [3.63, 3.8) is 0 Å². The largest absolute Gasteiger partial charge is 0.336 e. The van der Waals surface area contributed by atoms with E-state index in [9.17, 15) is 17.6 Å². The molecule has 0 aliphatic carbocycles. The molecule has 2 heterocycles. The van der Waals surface area contributed by atoms with Gasteiger partial charge in [0, 0.05) is 11.9 Å². The molecule has 0 aliphatic heterocycles. The number of hydrogen-bond acceptors (Lipinski definition) is 6. The Morgan fingerprint density at radius 1 is 1.10 bits per heavy atom. The molecule has 2 aromatic heterocycles. The fourth-order valence-corrected chi connectivity index (χ4v) is 4.32. The molecule has 0 aliphatic rings. The van der Waals surface area contributed by atoms with E-state index in [-0.39, 0.29) is 21.8 Å². The van der Waals surface area contributed by atoms with E-state index in [0.29, 0.717) is 22.4 Å². The van der Waals surface area contributed by atoms with Crippen LogP contribution < -0.4 is 10.0 Å². The van der Waals surface area contributed by atoms with Crippen LogP contribution in [0.3, 0.4) is 0 Å². The van der Waals surface area contributed by atoms with Crippen molar-refractivity contribution in [3.8, 4) is 0 Å². The zero-order valence-corrected chi connectivity index (χ0v) is 17.3. The Kier molecular flexibility index (Phi) is 5.15. The van der Waals surface area contributed by atoms with Gasteiger partial charge in [-0.05, 0) is 49.7 Å². The van der Waals surface area contributed by atoms with Gasteiger partial charge in [0.15, 0.2) is 0 Å². The average molecular weight is 440 g/mol. The first-order chi connectivity index (χ1) is 14.7. The molecule has 0 saturated carbocycles. The molecule has 2 N–H and O–H groups in total. The van der Waals surface area contributed by atoms with E-state index in [0.717, 1.165) is 6.07 Å². The molecule has 2 aromatic carbocycles. The topological polar surface area (TPSA) is 114 Å². The van der Waals surface area contributed by atoms with Crippen LogP contribution in [0.1, 0.15) is 21.6 Å². The third kappa shape index (κ3) is 4.10. The summed E-state index contributed by atoms with van der Waals surface area (Å²) >= 11 is 0. The molecule has 158 valence electrons. The number of carbonyl (C=O) groups excluding carboxylic acids is 1. The van der Waals surface area contributed by atoms with Crippen LogP contribution in [0.25, 0.3) is 11.1 Å². The molecule has 0 unspecified atom stereocenters. The maximum atomic E-state index is 13.9. The van der Waals surface area contributed by atoms with E-state index in [1.165, 1.54) is 30.5 Å². The third-order valence-electron chi connectivity index (χ3n) is 4.63. The Labute approximate surface area is 177 Å². The molecule has 4 aromatic rings. The molecule has 0 bridgehead atoms. The van der Waals surface area contributed by atoms with Crippen molar-refractivity contribution in [2.45, 2.75) is 18.7 Å².